The van der Waals surface area contributed by atoms with Gasteiger partial charge in [-0.3, -0.25) is 0 Å². The van der Waals surface area contributed by atoms with Crippen LogP contribution < -0.4 is 0 Å². The van der Waals surface area contributed by atoms with Crippen LogP contribution in [0.25, 0.3) is 0 Å². The summed E-state index contributed by atoms with van der Waals surface area (Å²) in [5, 5.41) is 0. The molecule has 9 rings (SSSR count). The maximum Gasteiger partial charge on any atom is 0.0641 e. The number of hydrogen-bond acceptors (Lipinski definition) is 1. The van der Waals surface area contributed by atoms with Gasteiger partial charge in [-0.05, 0) is 180 Å². The average molecular weight is 587 g/mol. The molecule has 7 fully saturated rings. The number of allylic oxidation sites excluding steroid dienone is 2. The highest BCUT2D eigenvalue weighted by Gasteiger charge is 2.59. The third-order valence-corrected chi connectivity index (χ3v) is 16.7. The zero-order valence-corrected chi connectivity index (χ0v) is 27.9. The third-order valence-electron chi connectivity index (χ3n) is 16.7. The molecule has 1 heterocycles. The summed E-state index contributed by atoms with van der Waals surface area (Å²) in [5.41, 5.74) is 3.99. The molecule has 12 unspecified atom stereocenters. The molecule has 0 bridgehead atoms. The van der Waals surface area contributed by atoms with E-state index in [1.165, 1.54) is 83.5 Å². The van der Waals surface area contributed by atoms with Crippen molar-refractivity contribution < 1.29 is 4.74 Å². The van der Waals surface area contributed by atoms with Gasteiger partial charge in [-0.15, -0.1) is 0 Å². The van der Waals surface area contributed by atoms with Crippen molar-refractivity contribution in [3.05, 3.63) is 11.1 Å². The predicted octanol–water partition coefficient (Wildman–Crippen LogP) is 11.7. The summed E-state index contributed by atoms with van der Waals surface area (Å²) < 4.78 is 7.26. The van der Waals surface area contributed by atoms with E-state index < -0.39 is 0 Å². The van der Waals surface area contributed by atoms with Crippen LogP contribution >= 0.6 is 0 Å². The first-order valence-electron chi connectivity index (χ1n) is 20.7. The van der Waals surface area contributed by atoms with Crippen molar-refractivity contribution in [1.82, 2.24) is 0 Å². The Hall–Kier alpha value is -0.300. The Labute approximate surface area is 265 Å². The summed E-state index contributed by atoms with van der Waals surface area (Å²) in [7, 11) is 0. The minimum Gasteiger partial charge on any atom is -0.374 e. The Kier molecular flexibility index (Phi) is 8.32. The molecule has 0 aromatic heterocycles. The summed E-state index contributed by atoms with van der Waals surface area (Å²) in [5.74, 6) is 12.2. The van der Waals surface area contributed by atoms with E-state index in [1.807, 2.05) is 11.1 Å². The van der Waals surface area contributed by atoms with Crippen LogP contribution in [-0.4, -0.2) is 12.2 Å². The van der Waals surface area contributed by atoms with E-state index in [0.29, 0.717) is 12.2 Å². The van der Waals surface area contributed by atoms with Crippen molar-refractivity contribution in [1.29, 1.82) is 0 Å². The molecule has 12 atom stereocenters. The van der Waals surface area contributed by atoms with Crippen molar-refractivity contribution in [2.24, 2.45) is 71.0 Å². The first-order chi connectivity index (χ1) is 21.3. The first-order valence-corrected chi connectivity index (χ1v) is 20.7. The van der Waals surface area contributed by atoms with Crippen molar-refractivity contribution >= 4 is 0 Å². The molecule has 0 amide bonds. The van der Waals surface area contributed by atoms with E-state index in [1.54, 1.807) is 83.5 Å². The van der Waals surface area contributed by atoms with Crippen LogP contribution in [0.1, 0.15) is 167 Å². The van der Waals surface area contributed by atoms with E-state index in [4.69, 9.17) is 4.74 Å². The Bertz CT molecular complexity index is 982. The fraction of sp³-hybridized carbons (Fsp3) is 0.952. The first kappa shape index (κ1) is 28.9. The van der Waals surface area contributed by atoms with Crippen LogP contribution in [0.15, 0.2) is 11.1 Å². The fourth-order valence-corrected chi connectivity index (χ4v) is 15.5. The molecular formula is C42H66O. The minimum absolute atomic E-state index is 0.642. The largest absolute Gasteiger partial charge is 0.374 e. The summed E-state index contributed by atoms with van der Waals surface area (Å²) in [6.07, 6.45) is 41.0. The van der Waals surface area contributed by atoms with Crippen LogP contribution in [-0.2, 0) is 4.74 Å². The van der Waals surface area contributed by atoms with Gasteiger partial charge >= 0.3 is 0 Å². The molecular weight excluding hydrogens is 520 g/mol. The second-order valence-corrected chi connectivity index (χ2v) is 18.2. The zero-order chi connectivity index (χ0) is 28.3. The number of fused-ring (bicyclic) bond motifs is 5. The highest BCUT2D eigenvalue weighted by Crippen LogP contribution is 2.64. The molecule has 240 valence electrons. The lowest BCUT2D eigenvalue weighted by Crippen LogP contribution is -2.55. The summed E-state index contributed by atoms with van der Waals surface area (Å²) in [6, 6.07) is 0. The molecule has 0 aromatic rings. The molecule has 0 aromatic carbocycles. The van der Waals surface area contributed by atoms with Gasteiger partial charge in [0.05, 0.1) is 12.2 Å². The quantitative estimate of drug-likeness (QED) is 0.299. The molecule has 0 N–H and O–H groups in total. The van der Waals surface area contributed by atoms with E-state index in [0.717, 1.165) is 71.0 Å². The Morgan fingerprint density at radius 3 is 1.77 bits per heavy atom. The number of hydrogen-bond donors (Lipinski definition) is 0. The van der Waals surface area contributed by atoms with Crippen molar-refractivity contribution in [2.75, 3.05) is 0 Å². The summed E-state index contributed by atoms with van der Waals surface area (Å²) in [6.45, 7) is 0. The van der Waals surface area contributed by atoms with Crippen LogP contribution in [0.3, 0.4) is 0 Å². The molecule has 43 heavy (non-hydrogen) atoms. The van der Waals surface area contributed by atoms with Crippen LogP contribution in [0.2, 0.25) is 0 Å². The standard InChI is InChI=1S/C42H66O/c1-2-16-30-27(12-1)13-10-22-31(30)28-14-9-15-29(26-28)40-33-18-3-5-20-35(33)41(36-21-6-4-19-34(36)40)38-24-11-23-37-32-17-7-8-25-39(32)43-42(37)38/h28-29,31-42H,1-26H2. The SMILES string of the molecule is C1CCC2=C(C1)CCCC2C1CCCC(C2C3CCCCC3C(C3CCCC4C5CCCCC5OC43)C3CCCCC32)C1. The summed E-state index contributed by atoms with van der Waals surface area (Å²) >= 11 is 0. The minimum atomic E-state index is 0.642. The second kappa shape index (κ2) is 12.4. The van der Waals surface area contributed by atoms with Crippen LogP contribution in [0.4, 0.5) is 0 Å². The van der Waals surface area contributed by atoms with Gasteiger partial charge in [-0.1, -0.05) is 68.9 Å². The van der Waals surface area contributed by atoms with Gasteiger partial charge in [-0.2, -0.15) is 0 Å². The van der Waals surface area contributed by atoms with E-state index >= 15 is 0 Å². The van der Waals surface area contributed by atoms with E-state index in [9.17, 15) is 0 Å². The van der Waals surface area contributed by atoms with Gasteiger partial charge in [0.2, 0.25) is 0 Å². The van der Waals surface area contributed by atoms with Gasteiger partial charge in [0.25, 0.3) is 0 Å². The monoisotopic (exact) mass is 587 g/mol. The Morgan fingerprint density at radius 2 is 0.977 bits per heavy atom. The zero-order valence-electron chi connectivity index (χ0n) is 27.9. The number of ether oxygens (including phenoxy) is 1. The lowest BCUT2D eigenvalue weighted by atomic mass is 9.44. The van der Waals surface area contributed by atoms with Gasteiger partial charge in [-0.25, -0.2) is 0 Å². The topological polar surface area (TPSA) is 9.23 Å². The lowest BCUT2D eigenvalue weighted by Gasteiger charge is -2.61. The second-order valence-electron chi connectivity index (χ2n) is 18.2. The molecule has 0 radical (unpaired) electrons. The fourth-order valence-electron chi connectivity index (χ4n) is 15.5. The molecule has 1 saturated heterocycles. The van der Waals surface area contributed by atoms with Gasteiger partial charge in [0, 0.05) is 0 Å². The van der Waals surface area contributed by atoms with E-state index in [2.05, 4.69) is 0 Å². The third kappa shape index (κ3) is 5.08. The average Bonchev–Trinajstić information content (AvgIpc) is 3.46. The maximum absolute atomic E-state index is 7.26. The van der Waals surface area contributed by atoms with Gasteiger partial charge < -0.3 is 4.74 Å². The molecule has 1 nitrogen and oxygen atoms in total. The molecule has 6 saturated carbocycles. The van der Waals surface area contributed by atoms with Crippen LogP contribution in [0, 0.1) is 71.0 Å². The van der Waals surface area contributed by atoms with E-state index in [-0.39, 0.29) is 0 Å². The Morgan fingerprint density at radius 1 is 0.395 bits per heavy atom. The maximum atomic E-state index is 7.26. The highest BCUT2D eigenvalue weighted by molar-refractivity contribution is 5.23. The van der Waals surface area contributed by atoms with Crippen molar-refractivity contribution in [3.63, 3.8) is 0 Å². The Balaban J connectivity index is 1.00. The van der Waals surface area contributed by atoms with Gasteiger partial charge in [0.15, 0.2) is 0 Å². The van der Waals surface area contributed by atoms with Crippen molar-refractivity contribution in [3.8, 4) is 0 Å². The van der Waals surface area contributed by atoms with Crippen molar-refractivity contribution in [2.45, 2.75) is 179 Å². The number of rotatable bonds is 3. The molecule has 0 spiro atoms. The van der Waals surface area contributed by atoms with Gasteiger partial charge in [0.1, 0.15) is 0 Å². The molecule has 1 heteroatoms. The van der Waals surface area contributed by atoms with Crippen LogP contribution in [0.5, 0.6) is 0 Å². The molecule has 1 aliphatic heterocycles. The molecule has 9 aliphatic rings. The normalized spacial score (nSPS) is 51.9. The molecule has 8 aliphatic carbocycles. The smallest absolute Gasteiger partial charge is 0.0641 e. The highest BCUT2D eigenvalue weighted by atomic mass is 16.5. The lowest BCUT2D eigenvalue weighted by molar-refractivity contribution is -0.143. The summed E-state index contributed by atoms with van der Waals surface area (Å²) in [4.78, 5) is 0. The predicted molar refractivity (Wildman–Crippen MR) is 178 cm³/mol.